The van der Waals surface area contributed by atoms with Crippen molar-refractivity contribution >= 4 is 32.7 Å². The largest absolute Gasteiger partial charge is 0.462 e. The number of carbonyl (C=O) groups excluding carboxylic acids is 1. The van der Waals surface area contributed by atoms with Crippen LogP contribution in [0.2, 0.25) is 0 Å². The molecule has 192 valence electrons. The van der Waals surface area contributed by atoms with Gasteiger partial charge in [-0.1, -0.05) is 12.1 Å². The predicted octanol–water partition coefficient (Wildman–Crippen LogP) is 5.10. The van der Waals surface area contributed by atoms with E-state index in [9.17, 15) is 13.2 Å². The lowest BCUT2D eigenvalue weighted by Gasteiger charge is -2.20. The van der Waals surface area contributed by atoms with Crippen molar-refractivity contribution in [1.82, 2.24) is 19.7 Å². The van der Waals surface area contributed by atoms with E-state index in [1.807, 2.05) is 25.5 Å². The minimum atomic E-state index is -3.80. The van der Waals surface area contributed by atoms with Crippen molar-refractivity contribution in [2.45, 2.75) is 56.9 Å². The number of sulfonamides is 1. The summed E-state index contributed by atoms with van der Waals surface area (Å²) in [6.07, 6.45) is 5.07. The minimum absolute atomic E-state index is 0.0996. The van der Waals surface area contributed by atoms with Gasteiger partial charge < -0.3 is 4.74 Å². The third-order valence-electron chi connectivity index (χ3n) is 6.13. The Balaban J connectivity index is 1.60. The molecule has 1 fully saturated rings. The summed E-state index contributed by atoms with van der Waals surface area (Å²) < 4.78 is 35.5. The Morgan fingerprint density at radius 3 is 2.49 bits per heavy atom. The van der Waals surface area contributed by atoms with Crippen molar-refractivity contribution in [3.63, 3.8) is 0 Å². The highest BCUT2D eigenvalue weighted by molar-refractivity contribution is 7.92. The van der Waals surface area contributed by atoms with Gasteiger partial charge in [0.1, 0.15) is 0 Å². The van der Waals surface area contributed by atoms with Crippen LogP contribution in [0.25, 0.3) is 22.3 Å². The fraction of sp³-hybridized carbons (Fsp3) is 0.333. The maximum atomic E-state index is 13.1. The van der Waals surface area contributed by atoms with Crippen LogP contribution in [-0.2, 0) is 20.3 Å². The van der Waals surface area contributed by atoms with Crippen molar-refractivity contribution in [2.24, 2.45) is 0 Å². The zero-order valence-electron chi connectivity index (χ0n) is 21.2. The molecule has 3 heterocycles. The van der Waals surface area contributed by atoms with Gasteiger partial charge in [-0.3, -0.25) is 9.71 Å². The van der Waals surface area contributed by atoms with Crippen LogP contribution in [-0.4, -0.2) is 40.7 Å². The fourth-order valence-corrected chi connectivity index (χ4v) is 5.26. The Morgan fingerprint density at radius 1 is 1.16 bits per heavy atom. The summed E-state index contributed by atoms with van der Waals surface area (Å²) in [5.74, 6) is -0.116. The molecule has 0 aliphatic heterocycles. The van der Waals surface area contributed by atoms with Crippen molar-refractivity contribution in [1.29, 1.82) is 0 Å². The summed E-state index contributed by atoms with van der Waals surface area (Å²) >= 11 is 0. The molecule has 0 radical (unpaired) electrons. The van der Waals surface area contributed by atoms with E-state index in [4.69, 9.17) is 14.8 Å². The maximum Gasteiger partial charge on any atom is 0.339 e. The number of ether oxygens (including phenoxy) is 1. The van der Waals surface area contributed by atoms with Crippen LogP contribution in [0, 0.1) is 0 Å². The van der Waals surface area contributed by atoms with Crippen LogP contribution in [0.5, 0.6) is 0 Å². The van der Waals surface area contributed by atoms with E-state index in [2.05, 4.69) is 9.71 Å². The molecule has 0 amide bonds. The van der Waals surface area contributed by atoms with E-state index in [1.54, 1.807) is 43.5 Å². The third kappa shape index (κ3) is 4.93. The summed E-state index contributed by atoms with van der Waals surface area (Å²) in [5, 5.41) is 5.64. The number of esters is 1. The van der Waals surface area contributed by atoms with E-state index >= 15 is 0 Å². The number of anilines is 1. The van der Waals surface area contributed by atoms with Gasteiger partial charge in [-0.2, -0.15) is 5.10 Å². The summed E-state index contributed by atoms with van der Waals surface area (Å²) in [5.41, 5.74) is 3.14. The Morgan fingerprint density at radius 2 is 1.89 bits per heavy atom. The zero-order valence-corrected chi connectivity index (χ0v) is 22.0. The van der Waals surface area contributed by atoms with Crippen molar-refractivity contribution in [3.8, 4) is 11.3 Å². The lowest BCUT2D eigenvalue weighted by atomic mass is 10.0. The second kappa shape index (κ2) is 9.26. The molecular formula is C27H29N5O4S. The van der Waals surface area contributed by atoms with Gasteiger partial charge in [0.25, 0.3) is 10.0 Å². The second-order valence-corrected chi connectivity index (χ2v) is 11.8. The molecular weight excluding hydrogens is 490 g/mol. The number of hydrogen-bond donors (Lipinski definition) is 1. The summed E-state index contributed by atoms with van der Waals surface area (Å²) in [6.45, 7) is 8.16. The molecule has 1 N–H and O–H groups in total. The van der Waals surface area contributed by atoms with Gasteiger partial charge in [0.15, 0.2) is 5.65 Å². The SMILES string of the molecule is CCOC(=O)c1cc(-c2ccc(S(=O)(=O)Nc3cccnc3)cc2)nc2c1c(C1CC1)nn2C(C)(C)C. The molecule has 1 saturated carbocycles. The predicted molar refractivity (Wildman–Crippen MR) is 141 cm³/mol. The standard InChI is InChI=1S/C27H29N5O4S/c1-5-36-26(33)21-15-22(29-25-23(21)24(18-8-9-18)30-32(25)27(2,3)4)17-10-12-20(13-11-17)37(34,35)31-19-7-6-14-28-16-19/h6-7,10-16,18,31H,5,8-9H2,1-4H3. The quantitative estimate of drug-likeness (QED) is 0.338. The zero-order chi connectivity index (χ0) is 26.4. The molecule has 1 aliphatic rings. The Bertz CT molecular complexity index is 1570. The number of fused-ring (bicyclic) bond motifs is 1. The van der Waals surface area contributed by atoms with Gasteiger partial charge in [0.2, 0.25) is 0 Å². The molecule has 1 aromatic carbocycles. The van der Waals surface area contributed by atoms with E-state index in [1.165, 1.54) is 18.3 Å². The lowest BCUT2D eigenvalue weighted by Crippen LogP contribution is -2.23. The first-order valence-corrected chi connectivity index (χ1v) is 13.7. The first-order chi connectivity index (χ1) is 17.6. The number of carbonyl (C=O) groups is 1. The highest BCUT2D eigenvalue weighted by atomic mass is 32.2. The van der Waals surface area contributed by atoms with Gasteiger partial charge in [-0.15, -0.1) is 0 Å². The van der Waals surface area contributed by atoms with Crippen molar-refractivity contribution in [3.05, 3.63) is 66.1 Å². The molecule has 9 nitrogen and oxygen atoms in total. The van der Waals surface area contributed by atoms with Gasteiger partial charge in [0, 0.05) is 17.7 Å². The van der Waals surface area contributed by atoms with Gasteiger partial charge in [0.05, 0.1) is 51.3 Å². The van der Waals surface area contributed by atoms with Gasteiger partial charge >= 0.3 is 5.97 Å². The normalized spacial score (nSPS) is 14.1. The summed E-state index contributed by atoms with van der Waals surface area (Å²) in [6, 6.07) is 11.4. The number of benzene rings is 1. The van der Waals surface area contributed by atoms with Crippen LogP contribution in [0.1, 0.15) is 62.5 Å². The maximum absolute atomic E-state index is 13.1. The van der Waals surface area contributed by atoms with Crippen LogP contribution >= 0.6 is 0 Å². The smallest absolute Gasteiger partial charge is 0.339 e. The number of hydrogen-bond acceptors (Lipinski definition) is 7. The molecule has 0 spiro atoms. The molecule has 37 heavy (non-hydrogen) atoms. The van der Waals surface area contributed by atoms with Crippen LogP contribution in [0.4, 0.5) is 5.69 Å². The van der Waals surface area contributed by atoms with Gasteiger partial charge in [-0.25, -0.2) is 22.9 Å². The number of rotatable bonds is 7. The summed E-state index contributed by atoms with van der Waals surface area (Å²) in [7, 11) is -3.80. The number of pyridine rings is 2. The Kier molecular flexibility index (Phi) is 6.23. The molecule has 10 heteroatoms. The molecule has 1 aliphatic carbocycles. The van der Waals surface area contributed by atoms with Crippen molar-refractivity contribution in [2.75, 3.05) is 11.3 Å². The molecule has 0 unspecified atom stereocenters. The van der Waals surface area contributed by atoms with Crippen LogP contribution in [0.3, 0.4) is 0 Å². The fourth-order valence-electron chi connectivity index (χ4n) is 4.21. The van der Waals surface area contributed by atoms with Gasteiger partial charge in [-0.05, 0) is 70.9 Å². The highest BCUT2D eigenvalue weighted by Gasteiger charge is 2.34. The second-order valence-electron chi connectivity index (χ2n) is 10.1. The Hall–Kier alpha value is -3.79. The first kappa shape index (κ1) is 24.9. The molecule has 5 rings (SSSR count). The van der Waals surface area contributed by atoms with Crippen LogP contribution in [0.15, 0.2) is 59.8 Å². The number of aromatic nitrogens is 4. The average Bonchev–Trinajstić information content (AvgIpc) is 3.63. The molecule has 4 aromatic rings. The van der Waals surface area contributed by atoms with E-state index < -0.39 is 16.0 Å². The molecule has 0 saturated heterocycles. The van der Waals surface area contributed by atoms with Crippen LogP contribution < -0.4 is 4.72 Å². The average molecular weight is 520 g/mol. The first-order valence-electron chi connectivity index (χ1n) is 12.2. The molecule has 3 aromatic heterocycles. The van der Waals surface area contributed by atoms with E-state index in [-0.39, 0.29) is 17.0 Å². The number of nitrogens with zero attached hydrogens (tertiary/aromatic N) is 4. The van der Waals surface area contributed by atoms with E-state index in [0.29, 0.717) is 34.1 Å². The van der Waals surface area contributed by atoms with Crippen molar-refractivity contribution < 1.29 is 17.9 Å². The third-order valence-corrected chi connectivity index (χ3v) is 7.53. The minimum Gasteiger partial charge on any atom is -0.462 e. The lowest BCUT2D eigenvalue weighted by molar-refractivity contribution is 0.0528. The number of nitrogens with one attached hydrogen (secondary N) is 1. The monoisotopic (exact) mass is 519 g/mol. The topological polar surface area (TPSA) is 116 Å². The van der Waals surface area contributed by atoms with E-state index in [0.717, 1.165) is 23.9 Å². The highest BCUT2D eigenvalue weighted by Crippen LogP contribution is 2.44. The summed E-state index contributed by atoms with van der Waals surface area (Å²) in [4.78, 5) is 22.0. The molecule has 0 atom stereocenters. The molecule has 0 bridgehead atoms. The Labute approximate surface area is 216 Å².